The number of benzene rings is 3. The molecule has 52 heavy (non-hydrogen) atoms. The second kappa shape index (κ2) is 13.8. The highest BCUT2D eigenvalue weighted by Gasteiger charge is 2.29. The Morgan fingerprint density at radius 3 is 2.37 bits per heavy atom. The van der Waals surface area contributed by atoms with Crippen LogP contribution in [0.5, 0.6) is 0 Å². The van der Waals surface area contributed by atoms with Crippen molar-refractivity contribution >= 4 is 28.0 Å². The van der Waals surface area contributed by atoms with Crippen molar-refractivity contribution in [3.8, 4) is 34.4 Å². The zero-order valence-electron chi connectivity index (χ0n) is 29.4. The fourth-order valence-electron chi connectivity index (χ4n) is 7.24. The van der Waals surface area contributed by atoms with E-state index >= 15 is 0 Å². The number of hydrogen-bond donors (Lipinski definition) is 0. The summed E-state index contributed by atoms with van der Waals surface area (Å²) in [5.41, 5.74) is 4.09. The molecule has 3 aromatic carbocycles. The van der Waals surface area contributed by atoms with Crippen molar-refractivity contribution in [1.29, 1.82) is 0 Å². The summed E-state index contributed by atoms with van der Waals surface area (Å²) in [6.45, 7) is 5.29. The molecule has 11 heteroatoms. The number of fused-ring (bicyclic) bond motifs is 2. The Kier molecular flexibility index (Phi) is 8.73. The van der Waals surface area contributed by atoms with Crippen LogP contribution in [-0.2, 0) is 26.6 Å². The molecule has 0 amide bonds. The first-order chi connectivity index (χ1) is 25.4. The van der Waals surface area contributed by atoms with Gasteiger partial charge in [-0.1, -0.05) is 84.8 Å². The van der Waals surface area contributed by atoms with Gasteiger partial charge in [-0.05, 0) is 38.7 Å². The van der Waals surface area contributed by atoms with Crippen molar-refractivity contribution < 1.29 is 4.42 Å². The Bertz CT molecular complexity index is 2550. The minimum absolute atomic E-state index is 0.0645. The van der Waals surface area contributed by atoms with E-state index in [-0.39, 0.29) is 19.0 Å². The number of rotatable bonds is 8. The summed E-state index contributed by atoms with van der Waals surface area (Å²) >= 11 is 0. The van der Waals surface area contributed by atoms with Gasteiger partial charge in [-0.3, -0.25) is 18.5 Å². The molecule has 260 valence electrons. The average molecular weight is 691 g/mol. The number of anilines is 1. The summed E-state index contributed by atoms with van der Waals surface area (Å²) in [7, 11) is 1.65. The van der Waals surface area contributed by atoms with Gasteiger partial charge in [-0.2, -0.15) is 4.98 Å². The molecule has 0 N–H and O–H groups in total. The second-order valence-electron chi connectivity index (χ2n) is 13.2. The molecule has 5 heterocycles. The van der Waals surface area contributed by atoms with Crippen molar-refractivity contribution in [2.75, 3.05) is 18.0 Å². The fourth-order valence-corrected chi connectivity index (χ4v) is 7.24. The highest BCUT2D eigenvalue weighted by atomic mass is 16.4. The standard InChI is InChI=1S/C41H38N8O3/c1-4-5-23-48-36-38(46(3)41(51)49(39(36)50)26-33-42-27(2)31-20-12-13-21-32(31)43-33)45-40(48)47-22-14-15-28(25-47)24-34-44-35(29-16-8-6-9-17-29)37(52-34)30-18-10-7-11-19-30/h6-13,16-21,28H,14-15,22-26H2,1-3H3. The predicted octanol–water partition coefficient (Wildman–Crippen LogP) is 6.00. The Labute approximate surface area is 300 Å². The van der Waals surface area contributed by atoms with E-state index in [2.05, 4.69) is 38.8 Å². The van der Waals surface area contributed by atoms with Crippen LogP contribution in [0.2, 0.25) is 0 Å². The Morgan fingerprint density at radius 1 is 0.865 bits per heavy atom. The van der Waals surface area contributed by atoms with Crippen LogP contribution in [0.3, 0.4) is 0 Å². The van der Waals surface area contributed by atoms with E-state index < -0.39 is 11.2 Å². The highest BCUT2D eigenvalue weighted by molar-refractivity contribution is 5.80. The van der Waals surface area contributed by atoms with Crippen molar-refractivity contribution in [2.45, 2.75) is 46.2 Å². The number of para-hydroxylation sites is 1. The third-order valence-electron chi connectivity index (χ3n) is 9.79. The molecule has 1 fully saturated rings. The molecule has 0 spiro atoms. The fraction of sp³-hybridized carbons (Fsp3) is 0.268. The molecular formula is C41H38N8O3. The molecule has 0 radical (unpaired) electrons. The van der Waals surface area contributed by atoms with Gasteiger partial charge in [-0.25, -0.2) is 19.7 Å². The molecule has 1 aliphatic rings. The zero-order valence-corrected chi connectivity index (χ0v) is 29.4. The molecule has 0 aliphatic carbocycles. The first-order valence-electron chi connectivity index (χ1n) is 17.6. The van der Waals surface area contributed by atoms with Crippen LogP contribution in [0.4, 0.5) is 5.95 Å². The largest absolute Gasteiger partial charge is 0.440 e. The van der Waals surface area contributed by atoms with E-state index in [0.717, 1.165) is 58.6 Å². The van der Waals surface area contributed by atoms with Gasteiger partial charge in [0.1, 0.15) is 11.5 Å². The molecule has 1 aliphatic heterocycles. The molecule has 4 aromatic heterocycles. The summed E-state index contributed by atoms with van der Waals surface area (Å²) < 4.78 is 11.0. The topological polar surface area (TPSA) is 117 Å². The maximum Gasteiger partial charge on any atom is 0.332 e. The summed E-state index contributed by atoms with van der Waals surface area (Å²) in [6, 6.07) is 27.9. The molecule has 1 saturated heterocycles. The number of aromatic nitrogens is 7. The number of hydrogen-bond acceptors (Lipinski definition) is 8. The maximum absolute atomic E-state index is 14.3. The molecule has 1 unspecified atom stereocenters. The lowest BCUT2D eigenvalue weighted by molar-refractivity contribution is 0.370. The van der Waals surface area contributed by atoms with Crippen LogP contribution in [0.1, 0.15) is 37.2 Å². The Morgan fingerprint density at radius 2 is 1.60 bits per heavy atom. The van der Waals surface area contributed by atoms with E-state index in [4.69, 9.17) is 14.4 Å². The SMILES string of the molecule is CC#CCn1c(N2CCCC(Cc3nc(-c4ccccc4)c(-c4ccccc4)o3)C2)nc2c1c(=O)n(Cc1nc(C)c3ccccc3n1)c(=O)n2C. The third-order valence-corrected chi connectivity index (χ3v) is 9.79. The van der Waals surface area contributed by atoms with Gasteiger partial charge in [-0.15, -0.1) is 5.92 Å². The molecule has 7 aromatic rings. The summed E-state index contributed by atoms with van der Waals surface area (Å²) in [5, 5.41) is 0.929. The van der Waals surface area contributed by atoms with Crippen LogP contribution >= 0.6 is 0 Å². The van der Waals surface area contributed by atoms with Gasteiger partial charge < -0.3 is 9.32 Å². The molecule has 0 bridgehead atoms. The van der Waals surface area contributed by atoms with Crippen LogP contribution < -0.4 is 16.1 Å². The molecule has 8 rings (SSSR count). The third kappa shape index (κ3) is 6.06. The maximum atomic E-state index is 14.3. The van der Waals surface area contributed by atoms with Gasteiger partial charge in [0.25, 0.3) is 5.56 Å². The summed E-state index contributed by atoms with van der Waals surface area (Å²) in [5.74, 6) is 8.78. The molecule has 11 nitrogen and oxygen atoms in total. The Balaban J connectivity index is 1.14. The number of oxazole rings is 1. The van der Waals surface area contributed by atoms with Crippen molar-refractivity contribution in [2.24, 2.45) is 13.0 Å². The van der Waals surface area contributed by atoms with E-state index in [9.17, 15) is 9.59 Å². The van der Waals surface area contributed by atoms with Crippen molar-refractivity contribution in [1.82, 2.24) is 33.6 Å². The van der Waals surface area contributed by atoms with Gasteiger partial charge in [0.15, 0.2) is 22.8 Å². The normalized spacial score (nSPS) is 14.5. The number of piperidine rings is 1. The first-order valence-corrected chi connectivity index (χ1v) is 17.6. The van der Waals surface area contributed by atoms with Crippen molar-refractivity contribution in [3.63, 3.8) is 0 Å². The quantitative estimate of drug-likeness (QED) is 0.178. The second-order valence-corrected chi connectivity index (χ2v) is 13.2. The lowest BCUT2D eigenvalue weighted by Gasteiger charge is -2.33. The van der Waals surface area contributed by atoms with Gasteiger partial charge >= 0.3 is 5.69 Å². The molecule has 1 atom stereocenters. The number of aryl methyl sites for hydroxylation is 2. The van der Waals surface area contributed by atoms with Crippen LogP contribution in [0.15, 0.2) is 98.9 Å². The monoisotopic (exact) mass is 690 g/mol. The van der Waals surface area contributed by atoms with Gasteiger partial charge in [0.2, 0.25) is 5.95 Å². The lowest BCUT2D eigenvalue weighted by atomic mass is 9.95. The Hall–Kier alpha value is -6.28. The van der Waals surface area contributed by atoms with Crippen LogP contribution in [0.25, 0.3) is 44.6 Å². The number of nitrogens with zero attached hydrogens (tertiary/aromatic N) is 8. The molecular weight excluding hydrogens is 653 g/mol. The van der Waals surface area contributed by atoms with Gasteiger partial charge in [0.05, 0.1) is 18.6 Å². The average Bonchev–Trinajstić information content (AvgIpc) is 3.78. The van der Waals surface area contributed by atoms with Crippen LogP contribution in [0, 0.1) is 24.7 Å². The van der Waals surface area contributed by atoms with Gasteiger partial charge in [0, 0.05) is 48.8 Å². The predicted molar refractivity (Wildman–Crippen MR) is 202 cm³/mol. The summed E-state index contributed by atoms with van der Waals surface area (Å²) in [6.07, 6.45) is 2.56. The van der Waals surface area contributed by atoms with E-state index in [1.807, 2.05) is 84.3 Å². The van der Waals surface area contributed by atoms with Crippen molar-refractivity contribution in [3.05, 3.63) is 123 Å². The smallest absolute Gasteiger partial charge is 0.332 e. The van der Waals surface area contributed by atoms with E-state index in [1.165, 1.54) is 9.13 Å². The van der Waals surface area contributed by atoms with E-state index in [0.29, 0.717) is 41.8 Å². The summed E-state index contributed by atoms with van der Waals surface area (Å²) in [4.78, 5) is 49.5. The molecule has 0 saturated carbocycles. The number of imidazole rings is 1. The minimum Gasteiger partial charge on any atom is -0.440 e. The minimum atomic E-state index is -0.478. The first kappa shape index (κ1) is 32.9. The van der Waals surface area contributed by atoms with E-state index in [1.54, 1.807) is 14.0 Å². The highest BCUT2D eigenvalue weighted by Crippen LogP contribution is 2.34. The zero-order chi connectivity index (χ0) is 35.8. The van der Waals surface area contributed by atoms with Crippen LogP contribution in [-0.4, -0.2) is 46.7 Å². The lowest BCUT2D eigenvalue weighted by Crippen LogP contribution is -2.40.